The Morgan fingerprint density at radius 2 is 1.94 bits per heavy atom. The first-order chi connectivity index (χ1) is 8.75. The average Bonchev–Trinajstić information content (AvgIpc) is 2.44. The quantitative estimate of drug-likeness (QED) is 0.822. The van der Waals surface area contributed by atoms with Crippen molar-refractivity contribution in [2.24, 2.45) is 0 Å². The number of pyridine rings is 1. The van der Waals surface area contributed by atoms with Gasteiger partial charge in [0.25, 0.3) is 0 Å². The molecule has 0 bridgehead atoms. The normalized spacial score (nSPS) is 16.2. The molecule has 4 nitrogen and oxygen atoms in total. The summed E-state index contributed by atoms with van der Waals surface area (Å²) in [5.74, 6) is 1.00. The minimum atomic E-state index is 0.739. The van der Waals surface area contributed by atoms with Crippen LogP contribution in [0.5, 0.6) is 0 Å². The van der Waals surface area contributed by atoms with Gasteiger partial charge < -0.3 is 15.4 Å². The maximum absolute atomic E-state index is 5.87. The molecule has 94 valence electrons. The molecule has 0 saturated carbocycles. The lowest BCUT2D eigenvalue weighted by molar-refractivity contribution is 0.122. The van der Waals surface area contributed by atoms with Gasteiger partial charge in [-0.2, -0.15) is 0 Å². The summed E-state index contributed by atoms with van der Waals surface area (Å²) in [4.78, 5) is 6.93. The molecule has 0 unspecified atom stereocenters. The number of morpholine rings is 1. The van der Waals surface area contributed by atoms with Crippen LogP contribution in [0.1, 0.15) is 0 Å². The molecule has 3 rings (SSSR count). The zero-order chi connectivity index (χ0) is 12.5. The van der Waals surface area contributed by atoms with Gasteiger partial charge in [0.1, 0.15) is 5.82 Å². The van der Waals surface area contributed by atoms with E-state index in [0.717, 1.165) is 53.2 Å². The molecule has 18 heavy (non-hydrogen) atoms. The highest BCUT2D eigenvalue weighted by molar-refractivity contribution is 9.10. The molecule has 2 aromatic rings. The average molecular weight is 308 g/mol. The van der Waals surface area contributed by atoms with Gasteiger partial charge >= 0.3 is 0 Å². The van der Waals surface area contributed by atoms with Gasteiger partial charge in [-0.15, -0.1) is 0 Å². The number of nitrogens with zero attached hydrogens (tertiary/aromatic N) is 2. The van der Waals surface area contributed by atoms with E-state index in [4.69, 9.17) is 10.5 Å². The van der Waals surface area contributed by atoms with E-state index in [2.05, 4.69) is 31.9 Å². The van der Waals surface area contributed by atoms with Gasteiger partial charge in [0.15, 0.2) is 0 Å². The number of ether oxygens (including phenoxy) is 1. The van der Waals surface area contributed by atoms with Crippen molar-refractivity contribution in [2.75, 3.05) is 36.9 Å². The first kappa shape index (κ1) is 11.7. The van der Waals surface area contributed by atoms with Gasteiger partial charge in [-0.3, -0.25) is 0 Å². The number of benzene rings is 1. The fourth-order valence-corrected chi connectivity index (χ4v) is 2.61. The maximum atomic E-state index is 5.87. The molecule has 1 fully saturated rings. The highest BCUT2D eigenvalue weighted by Gasteiger charge is 2.13. The van der Waals surface area contributed by atoms with Crippen LogP contribution < -0.4 is 10.6 Å². The summed E-state index contributed by atoms with van der Waals surface area (Å²) in [6.45, 7) is 3.33. The van der Waals surface area contributed by atoms with Crippen molar-refractivity contribution < 1.29 is 4.74 Å². The summed E-state index contributed by atoms with van der Waals surface area (Å²) in [7, 11) is 0. The van der Waals surface area contributed by atoms with Crippen LogP contribution in [0.25, 0.3) is 10.9 Å². The SMILES string of the molecule is Nc1ccc2nc(N3CCOCC3)ccc2c1Br. The number of anilines is 2. The largest absolute Gasteiger partial charge is 0.398 e. The van der Waals surface area contributed by atoms with E-state index in [0.29, 0.717) is 0 Å². The highest BCUT2D eigenvalue weighted by atomic mass is 79.9. The number of aromatic nitrogens is 1. The Morgan fingerprint density at radius 1 is 1.17 bits per heavy atom. The van der Waals surface area contributed by atoms with Crippen LogP contribution in [0.3, 0.4) is 0 Å². The van der Waals surface area contributed by atoms with E-state index in [1.807, 2.05) is 18.2 Å². The van der Waals surface area contributed by atoms with Crippen molar-refractivity contribution in [3.8, 4) is 0 Å². The second-order valence-corrected chi connectivity index (χ2v) is 5.10. The van der Waals surface area contributed by atoms with Gasteiger partial charge in [0, 0.05) is 28.6 Å². The number of hydrogen-bond acceptors (Lipinski definition) is 4. The molecule has 5 heteroatoms. The highest BCUT2D eigenvalue weighted by Crippen LogP contribution is 2.30. The molecule has 0 amide bonds. The number of nitrogens with two attached hydrogens (primary N) is 1. The number of hydrogen-bond donors (Lipinski definition) is 1. The van der Waals surface area contributed by atoms with Gasteiger partial charge in [0.2, 0.25) is 0 Å². The molecule has 2 N–H and O–H groups in total. The van der Waals surface area contributed by atoms with E-state index in [1.54, 1.807) is 0 Å². The molecule has 0 spiro atoms. The zero-order valence-corrected chi connectivity index (χ0v) is 11.5. The molecule has 2 heterocycles. The van der Waals surface area contributed by atoms with Crippen LogP contribution >= 0.6 is 15.9 Å². The standard InChI is InChI=1S/C13H14BrN3O/c14-13-9-1-4-12(17-5-7-18-8-6-17)16-11(9)3-2-10(13)15/h1-4H,5-8,15H2. The predicted octanol–water partition coefficient (Wildman–Crippen LogP) is 2.42. The third-order valence-corrected chi connectivity index (χ3v) is 4.04. The van der Waals surface area contributed by atoms with Crippen molar-refractivity contribution >= 4 is 38.3 Å². The number of nitrogen functional groups attached to an aromatic ring is 1. The molecule has 1 aliphatic rings. The Balaban J connectivity index is 2.03. The fraction of sp³-hybridized carbons (Fsp3) is 0.308. The molecule has 1 aliphatic heterocycles. The van der Waals surface area contributed by atoms with Crippen LogP contribution in [0.4, 0.5) is 11.5 Å². The zero-order valence-electron chi connectivity index (χ0n) is 9.90. The minimum absolute atomic E-state index is 0.739. The molecule has 1 saturated heterocycles. The minimum Gasteiger partial charge on any atom is -0.398 e. The summed E-state index contributed by atoms with van der Waals surface area (Å²) in [6.07, 6.45) is 0. The van der Waals surface area contributed by atoms with E-state index in [9.17, 15) is 0 Å². The number of fused-ring (bicyclic) bond motifs is 1. The third-order valence-electron chi connectivity index (χ3n) is 3.16. The first-order valence-corrected chi connectivity index (χ1v) is 6.72. The Morgan fingerprint density at radius 3 is 2.72 bits per heavy atom. The molecule has 0 aliphatic carbocycles. The third kappa shape index (κ3) is 2.04. The molecular formula is C13H14BrN3O. The summed E-state index contributed by atoms with van der Waals surface area (Å²) < 4.78 is 6.27. The van der Waals surface area contributed by atoms with Gasteiger partial charge in [-0.1, -0.05) is 0 Å². The summed E-state index contributed by atoms with van der Waals surface area (Å²) >= 11 is 3.50. The fourth-order valence-electron chi connectivity index (χ4n) is 2.14. The molecule has 0 atom stereocenters. The van der Waals surface area contributed by atoms with Crippen molar-refractivity contribution in [2.45, 2.75) is 0 Å². The van der Waals surface area contributed by atoms with Crippen molar-refractivity contribution in [3.63, 3.8) is 0 Å². The van der Waals surface area contributed by atoms with Crippen molar-refractivity contribution in [1.82, 2.24) is 4.98 Å². The lowest BCUT2D eigenvalue weighted by atomic mass is 10.2. The molecule has 0 radical (unpaired) electrons. The van der Waals surface area contributed by atoms with Gasteiger partial charge in [-0.25, -0.2) is 4.98 Å². The number of halogens is 1. The van der Waals surface area contributed by atoms with E-state index in [-0.39, 0.29) is 0 Å². The van der Waals surface area contributed by atoms with Gasteiger partial charge in [0.05, 0.1) is 18.7 Å². The topological polar surface area (TPSA) is 51.4 Å². The lowest BCUT2D eigenvalue weighted by Crippen LogP contribution is -2.36. The van der Waals surface area contributed by atoms with Crippen LogP contribution in [-0.2, 0) is 4.74 Å². The summed E-state index contributed by atoms with van der Waals surface area (Å²) in [5.41, 5.74) is 7.56. The second kappa shape index (κ2) is 4.74. The monoisotopic (exact) mass is 307 g/mol. The van der Waals surface area contributed by atoms with Crippen LogP contribution in [-0.4, -0.2) is 31.3 Å². The van der Waals surface area contributed by atoms with E-state index in [1.165, 1.54) is 0 Å². The molecule has 1 aromatic heterocycles. The van der Waals surface area contributed by atoms with Crippen molar-refractivity contribution in [1.29, 1.82) is 0 Å². The summed E-state index contributed by atoms with van der Waals surface area (Å²) in [5, 5.41) is 1.05. The maximum Gasteiger partial charge on any atom is 0.129 e. The molecular weight excluding hydrogens is 294 g/mol. The van der Waals surface area contributed by atoms with Gasteiger partial charge in [-0.05, 0) is 40.2 Å². The van der Waals surface area contributed by atoms with Crippen molar-refractivity contribution in [3.05, 3.63) is 28.7 Å². The smallest absolute Gasteiger partial charge is 0.129 e. The van der Waals surface area contributed by atoms with Crippen LogP contribution in [0.15, 0.2) is 28.7 Å². The first-order valence-electron chi connectivity index (χ1n) is 5.93. The Labute approximate surface area is 114 Å². The molecule has 1 aromatic carbocycles. The summed E-state index contributed by atoms with van der Waals surface area (Å²) in [6, 6.07) is 7.94. The lowest BCUT2D eigenvalue weighted by Gasteiger charge is -2.28. The van der Waals surface area contributed by atoms with E-state index < -0.39 is 0 Å². The second-order valence-electron chi connectivity index (χ2n) is 4.30. The Kier molecular flexibility index (Phi) is 3.09. The van der Waals surface area contributed by atoms with Crippen LogP contribution in [0, 0.1) is 0 Å². The predicted molar refractivity (Wildman–Crippen MR) is 76.9 cm³/mol. The number of rotatable bonds is 1. The van der Waals surface area contributed by atoms with E-state index >= 15 is 0 Å². The Hall–Kier alpha value is -1.33. The van der Waals surface area contributed by atoms with Crippen LogP contribution in [0.2, 0.25) is 0 Å². The Bertz CT molecular complexity index is 582.